The van der Waals surface area contributed by atoms with Gasteiger partial charge in [0.1, 0.15) is 15.9 Å². The molecule has 8 heteroatoms. The molecule has 2 aromatic carbocycles. The van der Waals surface area contributed by atoms with Crippen LogP contribution in [0.3, 0.4) is 0 Å². The van der Waals surface area contributed by atoms with E-state index in [4.69, 9.17) is 17.0 Å². The normalized spacial score (nSPS) is 15.2. The Morgan fingerprint density at radius 1 is 1.25 bits per heavy atom. The molecule has 0 bridgehead atoms. The van der Waals surface area contributed by atoms with Crippen LogP contribution in [0.25, 0.3) is 6.08 Å². The fourth-order valence-corrected chi connectivity index (χ4v) is 3.89. The SMILES string of the molecule is CCN1C(=O)C(=Cc2ccccc2OCC(=O)Nc2ccc(F)cc2)SC1=S. The van der Waals surface area contributed by atoms with Crippen molar-refractivity contribution in [1.82, 2.24) is 4.90 Å². The summed E-state index contributed by atoms with van der Waals surface area (Å²) < 4.78 is 19.1. The molecular formula is C20H17FN2O3S2. The second-order valence-electron chi connectivity index (χ2n) is 5.81. The number of carbonyl (C=O) groups is 2. The van der Waals surface area contributed by atoms with Gasteiger partial charge in [0.15, 0.2) is 6.61 Å². The average molecular weight is 416 g/mol. The third-order valence-corrected chi connectivity index (χ3v) is 5.26. The van der Waals surface area contributed by atoms with Crippen LogP contribution in [0.1, 0.15) is 12.5 Å². The average Bonchev–Trinajstić information content (AvgIpc) is 2.95. The first-order valence-electron chi connectivity index (χ1n) is 8.50. The first-order chi connectivity index (χ1) is 13.5. The van der Waals surface area contributed by atoms with Gasteiger partial charge in [0, 0.05) is 17.8 Å². The lowest BCUT2D eigenvalue weighted by atomic mass is 10.2. The van der Waals surface area contributed by atoms with Crippen LogP contribution in [0.4, 0.5) is 10.1 Å². The number of nitrogens with one attached hydrogen (secondary N) is 1. The van der Waals surface area contributed by atoms with E-state index in [1.165, 1.54) is 40.9 Å². The van der Waals surface area contributed by atoms with Gasteiger partial charge in [-0.15, -0.1) is 0 Å². The van der Waals surface area contributed by atoms with Crippen molar-refractivity contribution in [3.05, 3.63) is 64.8 Å². The zero-order valence-electron chi connectivity index (χ0n) is 15.0. The molecule has 1 heterocycles. The van der Waals surface area contributed by atoms with Crippen molar-refractivity contribution in [2.75, 3.05) is 18.5 Å². The zero-order chi connectivity index (χ0) is 20.1. The molecule has 0 atom stereocenters. The third kappa shape index (κ3) is 4.76. The number of likely N-dealkylation sites (N-methyl/N-ethyl adjacent to an activating group) is 1. The number of carbonyl (C=O) groups excluding carboxylic acids is 2. The number of benzene rings is 2. The van der Waals surface area contributed by atoms with Crippen LogP contribution in [0.15, 0.2) is 53.4 Å². The molecule has 1 aliphatic heterocycles. The Hall–Kier alpha value is -2.71. The fourth-order valence-electron chi connectivity index (χ4n) is 2.52. The number of anilines is 1. The predicted molar refractivity (Wildman–Crippen MR) is 113 cm³/mol. The highest BCUT2D eigenvalue weighted by molar-refractivity contribution is 8.26. The van der Waals surface area contributed by atoms with E-state index in [2.05, 4.69) is 5.32 Å². The summed E-state index contributed by atoms with van der Waals surface area (Å²) in [6, 6.07) is 12.6. The number of nitrogens with zero attached hydrogens (tertiary/aromatic N) is 1. The van der Waals surface area contributed by atoms with Crippen LogP contribution in [-0.2, 0) is 9.59 Å². The standard InChI is InChI=1S/C20H17FN2O3S2/c1-2-23-19(25)17(28-20(23)27)11-13-5-3-4-6-16(13)26-12-18(24)22-15-9-7-14(21)8-10-15/h3-11H,2,12H2,1H3,(H,22,24). The van der Waals surface area contributed by atoms with Gasteiger partial charge in [-0.05, 0) is 43.3 Å². The Balaban J connectivity index is 1.68. The molecule has 3 rings (SSSR count). The second kappa shape index (κ2) is 8.99. The molecule has 5 nitrogen and oxygen atoms in total. The van der Waals surface area contributed by atoms with Gasteiger partial charge in [-0.25, -0.2) is 4.39 Å². The number of hydrogen-bond donors (Lipinski definition) is 1. The van der Waals surface area contributed by atoms with Crippen molar-refractivity contribution in [1.29, 1.82) is 0 Å². The number of ether oxygens (including phenoxy) is 1. The quantitative estimate of drug-likeness (QED) is 0.568. The highest BCUT2D eigenvalue weighted by Crippen LogP contribution is 2.34. The van der Waals surface area contributed by atoms with Crippen molar-refractivity contribution < 1.29 is 18.7 Å². The Bertz CT molecular complexity index is 945. The topological polar surface area (TPSA) is 58.6 Å². The maximum atomic E-state index is 12.9. The monoisotopic (exact) mass is 416 g/mol. The molecular weight excluding hydrogens is 399 g/mol. The molecule has 28 heavy (non-hydrogen) atoms. The Morgan fingerprint density at radius 3 is 2.64 bits per heavy atom. The van der Waals surface area contributed by atoms with Gasteiger partial charge in [-0.2, -0.15) is 0 Å². The van der Waals surface area contributed by atoms with Crippen LogP contribution in [-0.4, -0.2) is 34.2 Å². The van der Waals surface area contributed by atoms with E-state index < -0.39 is 0 Å². The summed E-state index contributed by atoms with van der Waals surface area (Å²) in [4.78, 5) is 26.5. The summed E-state index contributed by atoms with van der Waals surface area (Å²) in [7, 11) is 0. The van der Waals surface area contributed by atoms with E-state index >= 15 is 0 Å². The minimum absolute atomic E-state index is 0.138. The van der Waals surface area contributed by atoms with Crippen LogP contribution in [0.5, 0.6) is 5.75 Å². The molecule has 2 amide bonds. The summed E-state index contributed by atoms with van der Waals surface area (Å²) in [5, 5.41) is 2.63. The van der Waals surface area contributed by atoms with Crippen molar-refractivity contribution in [2.24, 2.45) is 0 Å². The summed E-state index contributed by atoms with van der Waals surface area (Å²) in [5.41, 5.74) is 1.15. The number of amides is 2. The number of halogens is 1. The second-order valence-corrected chi connectivity index (χ2v) is 7.48. The first kappa shape index (κ1) is 20.0. The molecule has 0 aromatic heterocycles. The molecule has 1 aliphatic rings. The van der Waals surface area contributed by atoms with Crippen LogP contribution < -0.4 is 10.1 Å². The highest BCUT2D eigenvalue weighted by Gasteiger charge is 2.30. The fraction of sp³-hybridized carbons (Fsp3) is 0.150. The lowest BCUT2D eigenvalue weighted by molar-refractivity contribution is -0.122. The van der Waals surface area contributed by atoms with Gasteiger partial charge in [0.25, 0.3) is 11.8 Å². The number of thioether (sulfide) groups is 1. The number of hydrogen-bond acceptors (Lipinski definition) is 5. The van der Waals surface area contributed by atoms with Crippen molar-refractivity contribution in [2.45, 2.75) is 6.92 Å². The van der Waals surface area contributed by atoms with Gasteiger partial charge in [-0.1, -0.05) is 42.2 Å². The molecule has 144 valence electrons. The smallest absolute Gasteiger partial charge is 0.266 e. The molecule has 0 aliphatic carbocycles. The van der Waals surface area contributed by atoms with Gasteiger partial charge in [0.05, 0.1) is 4.91 Å². The minimum atomic E-state index is -0.378. The van der Waals surface area contributed by atoms with Crippen molar-refractivity contribution >= 4 is 51.9 Å². The summed E-state index contributed by atoms with van der Waals surface area (Å²) >= 11 is 6.46. The Morgan fingerprint density at radius 2 is 1.96 bits per heavy atom. The Labute approximate surface area is 171 Å². The predicted octanol–water partition coefficient (Wildman–Crippen LogP) is 4.06. The molecule has 0 spiro atoms. The van der Waals surface area contributed by atoms with Crippen LogP contribution >= 0.6 is 24.0 Å². The van der Waals surface area contributed by atoms with Gasteiger partial charge in [-0.3, -0.25) is 14.5 Å². The largest absolute Gasteiger partial charge is 0.483 e. The first-order valence-corrected chi connectivity index (χ1v) is 9.73. The molecule has 1 saturated heterocycles. The molecule has 0 saturated carbocycles. The van der Waals surface area contributed by atoms with E-state index in [1.807, 2.05) is 13.0 Å². The number of para-hydroxylation sites is 1. The number of thiocarbonyl (C=S) groups is 1. The molecule has 2 aromatic rings. The Kier molecular flexibility index (Phi) is 6.43. The third-order valence-electron chi connectivity index (χ3n) is 3.88. The maximum absolute atomic E-state index is 12.9. The minimum Gasteiger partial charge on any atom is -0.483 e. The molecule has 1 fully saturated rings. The van der Waals surface area contributed by atoms with E-state index in [0.29, 0.717) is 32.8 Å². The maximum Gasteiger partial charge on any atom is 0.266 e. The van der Waals surface area contributed by atoms with Gasteiger partial charge < -0.3 is 10.1 Å². The zero-order valence-corrected chi connectivity index (χ0v) is 16.6. The van der Waals surface area contributed by atoms with E-state index in [0.717, 1.165) is 0 Å². The van der Waals surface area contributed by atoms with E-state index in [9.17, 15) is 14.0 Å². The number of rotatable bonds is 6. The van der Waals surface area contributed by atoms with Gasteiger partial charge >= 0.3 is 0 Å². The van der Waals surface area contributed by atoms with E-state index in [1.54, 1.807) is 24.3 Å². The molecule has 1 N–H and O–H groups in total. The molecule has 0 radical (unpaired) electrons. The van der Waals surface area contributed by atoms with E-state index in [-0.39, 0.29) is 24.2 Å². The lowest BCUT2D eigenvalue weighted by Gasteiger charge is -2.11. The lowest BCUT2D eigenvalue weighted by Crippen LogP contribution is -2.27. The summed E-state index contributed by atoms with van der Waals surface area (Å²) in [6.45, 7) is 2.16. The van der Waals surface area contributed by atoms with Crippen LogP contribution in [0, 0.1) is 5.82 Å². The van der Waals surface area contributed by atoms with Crippen molar-refractivity contribution in [3.63, 3.8) is 0 Å². The van der Waals surface area contributed by atoms with Crippen molar-refractivity contribution in [3.8, 4) is 5.75 Å². The summed E-state index contributed by atoms with van der Waals surface area (Å²) in [5.74, 6) is -0.421. The van der Waals surface area contributed by atoms with Crippen LogP contribution in [0.2, 0.25) is 0 Å². The molecule has 0 unspecified atom stereocenters. The summed E-state index contributed by atoms with van der Waals surface area (Å²) in [6.07, 6.45) is 1.71. The highest BCUT2D eigenvalue weighted by atomic mass is 32.2. The van der Waals surface area contributed by atoms with Gasteiger partial charge in [0.2, 0.25) is 0 Å².